The number of ether oxygens (including phenoxy) is 1. The van der Waals surface area contributed by atoms with Crippen LogP contribution in [0.2, 0.25) is 0 Å². The number of aryl methyl sites for hydroxylation is 1. The van der Waals surface area contributed by atoms with Gasteiger partial charge in [0.05, 0.1) is 12.1 Å². The molecule has 156 valence electrons. The summed E-state index contributed by atoms with van der Waals surface area (Å²) in [5, 5.41) is 10.5. The van der Waals surface area contributed by atoms with Crippen LogP contribution in [0.3, 0.4) is 0 Å². The summed E-state index contributed by atoms with van der Waals surface area (Å²) in [7, 11) is 0. The molecule has 4 rings (SSSR count). The van der Waals surface area contributed by atoms with Crippen molar-refractivity contribution in [3.05, 3.63) is 84.5 Å². The third kappa shape index (κ3) is 3.49. The molecule has 2 heterocycles. The Bertz CT molecular complexity index is 974. The summed E-state index contributed by atoms with van der Waals surface area (Å²) in [5.74, 6) is 0.858. The highest BCUT2D eigenvalue weighted by Crippen LogP contribution is 2.48. The first-order valence-electron chi connectivity index (χ1n) is 10.1. The van der Waals surface area contributed by atoms with Crippen molar-refractivity contribution in [2.24, 2.45) is 5.92 Å². The first kappa shape index (κ1) is 20.2. The Morgan fingerprint density at radius 2 is 1.93 bits per heavy atom. The number of carbonyl (C=O) groups is 1. The summed E-state index contributed by atoms with van der Waals surface area (Å²) >= 11 is 0. The molecule has 6 nitrogen and oxygen atoms in total. The highest BCUT2D eigenvalue weighted by molar-refractivity contribution is 5.86. The van der Waals surface area contributed by atoms with E-state index < -0.39 is 6.04 Å². The molecular weight excluding hydrogens is 378 g/mol. The maximum atomic E-state index is 13.2. The van der Waals surface area contributed by atoms with Crippen molar-refractivity contribution >= 4 is 5.91 Å². The van der Waals surface area contributed by atoms with Crippen molar-refractivity contribution in [3.63, 3.8) is 0 Å². The fraction of sp³-hybridized carbons (Fsp3) is 0.292. The average molecular weight is 405 g/mol. The summed E-state index contributed by atoms with van der Waals surface area (Å²) in [6.07, 6.45) is 3.45. The number of phenolic OH excluding ortho intramolecular Hbond substituents is 1. The molecule has 2 fully saturated rings. The second-order valence-corrected chi connectivity index (χ2v) is 7.78. The summed E-state index contributed by atoms with van der Waals surface area (Å²) in [6.45, 7) is 10.4. The Hall–Kier alpha value is -3.09. The predicted molar refractivity (Wildman–Crippen MR) is 116 cm³/mol. The molecule has 4 atom stereocenters. The Labute approximate surface area is 176 Å². The lowest BCUT2D eigenvalue weighted by Gasteiger charge is -2.31. The van der Waals surface area contributed by atoms with Gasteiger partial charge < -0.3 is 14.7 Å². The van der Waals surface area contributed by atoms with E-state index in [9.17, 15) is 9.90 Å². The summed E-state index contributed by atoms with van der Waals surface area (Å²) < 4.78 is 5.72. The van der Waals surface area contributed by atoms with E-state index in [2.05, 4.69) is 24.0 Å². The second kappa shape index (κ2) is 8.34. The molecule has 0 aliphatic carbocycles. The number of amides is 1. The van der Waals surface area contributed by atoms with Crippen molar-refractivity contribution in [2.75, 3.05) is 13.2 Å². The van der Waals surface area contributed by atoms with Gasteiger partial charge in [-0.25, -0.2) is 10.9 Å². The molecule has 2 aromatic carbocycles. The van der Waals surface area contributed by atoms with Crippen molar-refractivity contribution in [1.82, 2.24) is 15.8 Å². The Morgan fingerprint density at radius 3 is 2.70 bits per heavy atom. The van der Waals surface area contributed by atoms with E-state index in [0.29, 0.717) is 13.2 Å². The van der Waals surface area contributed by atoms with Crippen LogP contribution in [0.25, 0.3) is 0 Å². The van der Waals surface area contributed by atoms with Crippen LogP contribution >= 0.6 is 0 Å². The summed E-state index contributed by atoms with van der Waals surface area (Å²) in [5.41, 5.74) is 9.25. The van der Waals surface area contributed by atoms with Gasteiger partial charge in [0.25, 0.3) is 0 Å². The monoisotopic (exact) mass is 405 g/mol. The van der Waals surface area contributed by atoms with Crippen LogP contribution in [-0.2, 0) is 4.79 Å². The Balaban J connectivity index is 1.77. The molecular formula is C24H27N3O3. The predicted octanol–water partition coefficient (Wildman–Crippen LogP) is 3.17. The van der Waals surface area contributed by atoms with Gasteiger partial charge >= 0.3 is 0 Å². The minimum absolute atomic E-state index is 0.0180. The summed E-state index contributed by atoms with van der Waals surface area (Å²) in [4.78, 5) is 15.1. The largest absolute Gasteiger partial charge is 0.508 e. The normalized spacial score (nSPS) is 25.2. The molecule has 0 radical (unpaired) electrons. The zero-order valence-electron chi connectivity index (χ0n) is 17.0. The van der Waals surface area contributed by atoms with E-state index in [0.717, 1.165) is 22.4 Å². The molecule has 1 amide bonds. The number of nitrogens with zero attached hydrogens (tertiary/aromatic N) is 1. The van der Waals surface area contributed by atoms with E-state index in [-0.39, 0.29) is 29.7 Å². The fourth-order valence-corrected chi connectivity index (χ4v) is 4.58. The van der Waals surface area contributed by atoms with Crippen molar-refractivity contribution < 1.29 is 14.6 Å². The number of fused-ring (bicyclic) bond motifs is 1. The minimum Gasteiger partial charge on any atom is -0.508 e. The molecule has 2 saturated heterocycles. The van der Waals surface area contributed by atoms with E-state index in [1.165, 1.54) is 0 Å². The molecule has 3 N–H and O–H groups in total. The molecule has 0 saturated carbocycles. The number of hydrazine groups is 1. The first-order chi connectivity index (χ1) is 14.5. The summed E-state index contributed by atoms with van der Waals surface area (Å²) in [6, 6.07) is 12.6. The standard InChI is InChI=1S/C24H27N3O3/c1-4-11-27-23(16-7-6-8-17(14-16)30-12-5-2)20-21(25-26-22(20)24(27)29)18-13-15(3)9-10-19(18)28/h4-10,13-14,20-23,25-26,28H,1-2,11-12H2,3H3. The van der Waals surface area contributed by atoms with Gasteiger partial charge in [0, 0.05) is 18.0 Å². The number of nitrogens with one attached hydrogen (secondary N) is 2. The number of phenols is 1. The molecule has 0 spiro atoms. The van der Waals surface area contributed by atoms with Gasteiger partial charge in [0.15, 0.2) is 0 Å². The number of benzene rings is 2. The maximum absolute atomic E-state index is 13.2. The molecule has 0 bridgehead atoms. The van der Waals surface area contributed by atoms with Gasteiger partial charge in [-0.3, -0.25) is 4.79 Å². The van der Waals surface area contributed by atoms with Crippen LogP contribution in [0.4, 0.5) is 0 Å². The van der Waals surface area contributed by atoms with Gasteiger partial charge in [0.2, 0.25) is 5.91 Å². The van der Waals surface area contributed by atoms with Crippen LogP contribution in [-0.4, -0.2) is 35.1 Å². The van der Waals surface area contributed by atoms with Gasteiger partial charge in [-0.2, -0.15) is 0 Å². The number of aromatic hydroxyl groups is 1. The second-order valence-electron chi connectivity index (χ2n) is 7.78. The Kier molecular flexibility index (Phi) is 5.61. The molecule has 4 unspecified atom stereocenters. The van der Waals surface area contributed by atoms with Gasteiger partial charge in [-0.15, -0.1) is 6.58 Å². The van der Waals surface area contributed by atoms with E-state index >= 15 is 0 Å². The molecule has 2 aliphatic heterocycles. The zero-order chi connectivity index (χ0) is 21.3. The van der Waals surface area contributed by atoms with Crippen LogP contribution in [0.5, 0.6) is 11.5 Å². The van der Waals surface area contributed by atoms with Crippen LogP contribution in [0, 0.1) is 12.8 Å². The number of hydrogen-bond acceptors (Lipinski definition) is 5. The third-order valence-corrected chi connectivity index (χ3v) is 5.82. The average Bonchev–Trinajstić information content (AvgIpc) is 3.28. The van der Waals surface area contributed by atoms with E-state index in [1.807, 2.05) is 48.2 Å². The van der Waals surface area contributed by atoms with Crippen LogP contribution < -0.4 is 15.6 Å². The lowest BCUT2D eigenvalue weighted by molar-refractivity contribution is -0.130. The van der Waals surface area contributed by atoms with Gasteiger partial charge in [0.1, 0.15) is 24.1 Å². The minimum atomic E-state index is -0.391. The van der Waals surface area contributed by atoms with Crippen molar-refractivity contribution in [1.29, 1.82) is 0 Å². The first-order valence-corrected chi connectivity index (χ1v) is 10.1. The fourth-order valence-electron chi connectivity index (χ4n) is 4.58. The highest BCUT2D eigenvalue weighted by Gasteiger charge is 2.55. The van der Waals surface area contributed by atoms with Crippen molar-refractivity contribution in [2.45, 2.75) is 25.0 Å². The molecule has 2 aliphatic rings. The number of hydrogen-bond donors (Lipinski definition) is 3. The molecule has 30 heavy (non-hydrogen) atoms. The zero-order valence-corrected chi connectivity index (χ0v) is 17.0. The van der Waals surface area contributed by atoms with E-state index in [4.69, 9.17) is 4.74 Å². The third-order valence-electron chi connectivity index (χ3n) is 5.82. The Morgan fingerprint density at radius 1 is 1.13 bits per heavy atom. The SMILES string of the molecule is C=CCOc1cccc(C2C3C(NNC3c3cc(C)ccc3O)C(=O)N2CC=C)c1. The lowest BCUT2D eigenvalue weighted by Crippen LogP contribution is -2.41. The van der Waals surface area contributed by atoms with Gasteiger partial charge in [-0.1, -0.05) is 48.6 Å². The number of likely N-dealkylation sites (tertiary alicyclic amines) is 1. The molecule has 6 heteroatoms. The highest BCUT2D eigenvalue weighted by atomic mass is 16.5. The van der Waals surface area contributed by atoms with Crippen molar-refractivity contribution in [3.8, 4) is 11.5 Å². The topological polar surface area (TPSA) is 73.8 Å². The smallest absolute Gasteiger partial charge is 0.242 e. The molecule has 2 aromatic rings. The number of carbonyl (C=O) groups excluding carboxylic acids is 1. The quantitative estimate of drug-likeness (QED) is 0.617. The van der Waals surface area contributed by atoms with E-state index in [1.54, 1.807) is 18.2 Å². The lowest BCUT2D eigenvalue weighted by atomic mass is 9.82. The molecule has 0 aromatic heterocycles. The number of rotatable bonds is 7. The van der Waals surface area contributed by atoms with Gasteiger partial charge in [-0.05, 0) is 30.7 Å². The maximum Gasteiger partial charge on any atom is 0.242 e. The van der Waals surface area contributed by atoms with Crippen LogP contribution in [0.1, 0.15) is 28.8 Å². The van der Waals surface area contributed by atoms with Crippen LogP contribution in [0.15, 0.2) is 67.8 Å².